The van der Waals surface area contributed by atoms with Crippen LogP contribution in [0.5, 0.6) is 5.75 Å². The van der Waals surface area contributed by atoms with E-state index in [9.17, 15) is 0 Å². The molecule has 1 unspecified atom stereocenters. The Morgan fingerprint density at radius 2 is 1.95 bits per heavy atom. The Balaban J connectivity index is 1.61. The first kappa shape index (κ1) is 11.8. The lowest BCUT2D eigenvalue weighted by molar-refractivity contribution is 0.357. The molecule has 0 spiro atoms. The Bertz CT molecular complexity index is 635. The van der Waals surface area contributed by atoms with Gasteiger partial charge in [-0.1, -0.05) is 24.3 Å². The van der Waals surface area contributed by atoms with Crippen molar-refractivity contribution in [2.24, 2.45) is 0 Å². The van der Waals surface area contributed by atoms with Gasteiger partial charge < -0.3 is 10.1 Å². The molecule has 0 radical (unpaired) electrons. The highest BCUT2D eigenvalue weighted by Crippen LogP contribution is 2.34. The summed E-state index contributed by atoms with van der Waals surface area (Å²) in [5, 5.41) is 3.71. The van der Waals surface area contributed by atoms with Gasteiger partial charge in [0.15, 0.2) is 0 Å². The highest BCUT2D eigenvalue weighted by atomic mass is 16.5. The standard InChI is InChI=1S/C18H19NO/c1-2-6-16-13(4-1)5-3-7-17(16)19-15-8-9-18-14(12-15)10-11-20-18/h1-2,4,6,8-9,12,17,19H,3,5,7,10-11H2. The molecule has 2 heteroatoms. The topological polar surface area (TPSA) is 21.3 Å². The molecule has 1 aliphatic carbocycles. The van der Waals surface area contributed by atoms with E-state index in [1.54, 1.807) is 0 Å². The lowest BCUT2D eigenvalue weighted by Crippen LogP contribution is -2.17. The van der Waals surface area contributed by atoms with E-state index in [0.29, 0.717) is 6.04 Å². The van der Waals surface area contributed by atoms with Gasteiger partial charge in [-0.25, -0.2) is 0 Å². The van der Waals surface area contributed by atoms with Crippen LogP contribution in [0.25, 0.3) is 0 Å². The summed E-state index contributed by atoms with van der Waals surface area (Å²) in [6, 6.07) is 15.8. The predicted molar refractivity (Wildman–Crippen MR) is 81.4 cm³/mol. The molecule has 0 saturated carbocycles. The monoisotopic (exact) mass is 265 g/mol. The molecule has 1 aliphatic heterocycles. The maximum atomic E-state index is 5.57. The van der Waals surface area contributed by atoms with E-state index in [4.69, 9.17) is 4.74 Å². The Labute approximate surface area is 119 Å². The van der Waals surface area contributed by atoms with Crippen LogP contribution in [0.3, 0.4) is 0 Å². The summed E-state index contributed by atoms with van der Waals surface area (Å²) < 4.78 is 5.57. The molecule has 20 heavy (non-hydrogen) atoms. The van der Waals surface area contributed by atoms with Crippen LogP contribution in [0.15, 0.2) is 42.5 Å². The molecule has 0 bridgehead atoms. The van der Waals surface area contributed by atoms with E-state index < -0.39 is 0 Å². The van der Waals surface area contributed by atoms with Crippen LogP contribution in [0.2, 0.25) is 0 Å². The highest BCUT2D eigenvalue weighted by Gasteiger charge is 2.20. The molecule has 1 N–H and O–H groups in total. The van der Waals surface area contributed by atoms with Crippen LogP contribution in [0, 0.1) is 0 Å². The average molecular weight is 265 g/mol. The Morgan fingerprint density at radius 1 is 1.00 bits per heavy atom. The van der Waals surface area contributed by atoms with E-state index >= 15 is 0 Å². The second-order valence-corrected chi connectivity index (χ2v) is 5.71. The zero-order valence-electron chi connectivity index (χ0n) is 11.6. The molecule has 0 amide bonds. The average Bonchev–Trinajstić information content (AvgIpc) is 2.95. The van der Waals surface area contributed by atoms with Crippen molar-refractivity contribution in [1.29, 1.82) is 0 Å². The minimum absolute atomic E-state index is 0.445. The molecular weight excluding hydrogens is 246 g/mol. The summed E-state index contributed by atoms with van der Waals surface area (Å²) in [7, 11) is 0. The minimum atomic E-state index is 0.445. The zero-order valence-corrected chi connectivity index (χ0v) is 11.6. The van der Waals surface area contributed by atoms with E-state index in [-0.39, 0.29) is 0 Å². The van der Waals surface area contributed by atoms with Crippen LogP contribution in [0.1, 0.15) is 35.6 Å². The molecule has 102 valence electrons. The van der Waals surface area contributed by atoms with E-state index in [1.165, 1.54) is 41.6 Å². The number of benzene rings is 2. The smallest absolute Gasteiger partial charge is 0.122 e. The fraction of sp³-hybridized carbons (Fsp3) is 0.333. The molecule has 0 aromatic heterocycles. The van der Waals surface area contributed by atoms with Crippen LogP contribution in [-0.4, -0.2) is 6.61 Å². The fourth-order valence-electron chi connectivity index (χ4n) is 3.38. The van der Waals surface area contributed by atoms with Crippen molar-refractivity contribution in [1.82, 2.24) is 0 Å². The van der Waals surface area contributed by atoms with Crippen molar-refractivity contribution >= 4 is 5.69 Å². The quantitative estimate of drug-likeness (QED) is 0.882. The minimum Gasteiger partial charge on any atom is -0.493 e. The number of anilines is 1. The number of aryl methyl sites for hydroxylation is 1. The van der Waals surface area contributed by atoms with Gasteiger partial charge in [-0.05, 0) is 54.2 Å². The summed E-state index contributed by atoms with van der Waals surface area (Å²) in [6.07, 6.45) is 4.73. The van der Waals surface area contributed by atoms with Gasteiger partial charge in [-0.3, -0.25) is 0 Å². The van der Waals surface area contributed by atoms with E-state index in [0.717, 1.165) is 18.8 Å². The number of nitrogens with one attached hydrogen (secondary N) is 1. The van der Waals surface area contributed by atoms with Gasteiger partial charge in [0, 0.05) is 12.1 Å². The Kier molecular flexibility index (Phi) is 2.87. The molecule has 2 aromatic carbocycles. The van der Waals surface area contributed by atoms with Crippen molar-refractivity contribution in [3.05, 3.63) is 59.2 Å². The maximum Gasteiger partial charge on any atom is 0.122 e. The third-order valence-corrected chi connectivity index (χ3v) is 4.40. The SMILES string of the molecule is c1ccc2c(c1)CCCC2Nc1ccc2c(c1)CCO2. The first-order valence-corrected chi connectivity index (χ1v) is 7.50. The normalized spacial score (nSPS) is 19.9. The molecule has 2 nitrogen and oxygen atoms in total. The molecule has 4 rings (SSSR count). The van der Waals surface area contributed by atoms with Gasteiger partial charge in [-0.15, -0.1) is 0 Å². The summed E-state index contributed by atoms with van der Waals surface area (Å²) >= 11 is 0. The summed E-state index contributed by atoms with van der Waals surface area (Å²) in [5.41, 5.74) is 5.52. The van der Waals surface area contributed by atoms with E-state index in [2.05, 4.69) is 47.8 Å². The van der Waals surface area contributed by atoms with Crippen molar-refractivity contribution in [3.63, 3.8) is 0 Å². The van der Waals surface area contributed by atoms with Gasteiger partial charge >= 0.3 is 0 Å². The van der Waals surface area contributed by atoms with Gasteiger partial charge in [0.05, 0.1) is 12.6 Å². The van der Waals surface area contributed by atoms with Gasteiger partial charge in [0.1, 0.15) is 5.75 Å². The lowest BCUT2D eigenvalue weighted by atomic mass is 9.87. The Morgan fingerprint density at radius 3 is 2.95 bits per heavy atom. The third kappa shape index (κ3) is 2.05. The first-order chi connectivity index (χ1) is 9.90. The van der Waals surface area contributed by atoms with Crippen LogP contribution < -0.4 is 10.1 Å². The van der Waals surface area contributed by atoms with Crippen molar-refractivity contribution in [3.8, 4) is 5.75 Å². The molecule has 2 aromatic rings. The second-order valence-electron chi connectivity index (χ2n) is 5.71. The van der Waals surface area contributed by atoms with Crippen LogP contribution >= 0.6 is 0 Å². The fourth-order valence-corrected chi connectivity index (χ4v) is 3.38. The molecule has 2 aliphatic rings. The third-order valence-electron chi connectivity index (χ3n) is 4.40. The van der Waals surface area contributed by atoms with Gasteiger partial charge in [0.2, 0.25) is 0 Å². The Hall–Kier alpha value is -1.96. The maximum absolute atomic E-state index is 5.57. The number of rotatable bonds is 2. The molecule has 1 heterocycles. The van der Waals surface area contributed by atoms with Gasteiger partial charge in [-0.2, -0.15) is 0 Å². The number of hydrogen-bond donors (Lipinski definition) is 1. The summed E-state index contributed by atoms with van der Waals surface area (Å²) in [6.45, 7) is 0.824. The van der Waals surface area contributed by atoms with Crippen molar-refractivity contribution < 1.29 is 4.74 Å². The van der Waals surface area contributed by atoms with E-state index in [1.807, 2.05) is 0 Å². The first-order valence-electron chi connectivity index (χ1n) is 7.50. The molecule has 0 saturated heterocycles. The lowest BCUT2D eigenvalue weighted by Gasteiger charge is -2.27. The summed E-state index contributed by atoms with van der Waals surface area (Å²) in [5.74, 6) is 1.06. The number of fused-ring (bicyclic) bond motifs is 2. The summed E-state index contributed by atoms with van der Waals surface area (Å²) in [4.78, 5) is 0. The molecular formula is C18H19NO. The zero-order chi connectivity index (χ0) is 13.4. The number of hydrogen-bond acceptors (Lipinski definition) is 2. The highest BCUT2D eigenvalue weighted by molar-refractivity contribution is 5.54. The van der Waals surface area contributed by atoms with Crippen LogP contribution in [0.4, 0.5) is 5.69 Å². The molecule has 1 atom stereocenters. The predicted octanol–water partition coefficient (Wildman–Crippen LogP) is 4.11. The number of ether oxygens (including phenoxy) is 1. The molecule has 0 fully saturated rings. The van der Waals surface area contributed by atoms with Gasteiger partial charge in [0.25, 0.3) is 0 Å². The van der Waals surface area contributed by atoms with Crippen molar-refractivity contribution in [2.75, 3.05) is 11.9 Å². The second kappa shape index (κ2) is 4.86. The van der Waals surface area contributed by atoms with Crippen LogP contribution in [-0.2, 0) is 12.8 Å². The largest absolute Gasteiger partial charge is 0.493 e. The van der Waals surface area contributed by atoms with Crippen molar-refractivity contribution in [2.45, 2.75) is 31.7 Å².